The van der Waals surface area contributed by atoms with Crippen molar-refractivity contribution in [3.63, 3.8) is 0 Å². The zero-order chi connectivity index (χ0) is 12.4. The summed E-state index contributed by atoms with van der Waals surface area (Å²) in [5.74, 6) is -1.40. The molecule has 0 fully saturated rings. The molecule has 0 rings (SSSR count). The maximum Gasteiger partial charge on any atom is 0.313 e. The molecule has 0 bridgehead atoms. The maximum absolute atomic E-state index is 11.1. The van der Waals surface area contributed by atoms with Crippen LogP contribution in [0.2, 0.25) is 0 Å². The van der Waals surface area contributed by atoms with Crippen LogP contribution in [0.4, 0.5) is 0 Å². The van der Waals surface area contributed by atoms with E-state index in [2.05, 4.69) is 5.32 Å². The van der Waals surface area contributed by atoms with Crippen LogP contribution in [0.1, 0.15) is 19.3 Å². The predicted molar refractivity (Wildman–Crippen MR) is 61.0 cm³/mol. The van der Waals surface area contributed by atoms with Crippen LogP contribution in [0.5, 0.6) is 0 Å². The van der Waals surface area contributed by atoms with E-state index in [-0.39, 0.29) is 23.3 Å². The van der Waals surface area contributed by atoms with Crippen molar-refractivity contribution in [2.24, 2.45) is 5.73 Å². The molecule has 0 aliphatic heterocycles. The van der Waals surface area contributed by atoms with Crippen molar-refractivity contribution in [1.29, 1.82) is 0 Å². The summed E-state index contributed by atoms with van der Waals surface area (Å²) in [5.41, 5.74) is 4.94. The van der Waals surface area contributed by atoms with Gasteiger partial charge in [0.2, 0.25) is 11.8 Å². The molecule has 6 nitrogen and oxygen atoms in total. The number of aliphatic carboxylic acids is 1. The highest BCUT2D eigenvalue weighted by Crippen LogP contribution is 1.98. The van der Waals surface area contributed by atoms with Gasteiger partial charge in [0.05, 0.1) is 11.5 Å². The molecule has 0 aliphatic rings. The SMILES string of the molecule is NC(=O)CCCCNC(=O)CSCC(=O)O. The molecule has 92 valence electrons. The van der Waals surface area contributed by atoms with E-state index in [1.165, 1.54) is 0 Å². The van der Waals surface area contributed by atoms with E-state index in [0.29, 0.717) is 25.8 Å². The number of thioether (sulfide) groups is 1. The molecule has 7 heteroatoms. The second kappa shape index (κ2) is 9.02. The van der Waals surface area contributed by atoms with Gasteiger partial charge in [-0.3, -0.25) is 14.4 Å². The van der Waals surface area contributed by atoms with Crippen LogP contribution >= 0.6 is 11.8 Å². The largest absolute Gasteiger partial charge is 0.481 e. The highest BCUT2D eigenvalue weighted by molar-refractivity contribution is 8.00. The van der Waals surface area contributed by atoms with Gasteiger partial charge in [0, 0.05) is 13.0 Å². The van der Waals surface area contributed by atoms with E-state index >= 15 is 0 Å². The number of amides is 2. The Hall–Kier alpha value is -1.24. The summed E-state index contributed by atoms with van der Waals surface area (Å²) in [4.78, 5) is 31.6. The van der Waals surface area contributed by atoms with Crippen molar-refractivity contribution < 1.29 is 19.5 Å². The van der Waals surface area contributed by atoms with Crippen molar-refractivity contribution in [2.75, 3.05) is 18.1 Å². The first-order valence-electron chi connectivity index (χ1n) is 4.87. The average Bonchev–Trinajstić information content (AvgIpc) is 2.16. The average molecular weight is 248 g/mol. The van der Waals surface area contributed by atoms with E-state index in [4.69, 9.17) is 10.8 Å². The summed E-state index contributed by atoms with van der Waals surface area (Å²) in [7, 11) is 0. The summed E-state index contributed by atoms with van der Waals surface area (Å²) in [6, 6.07) is 0. The minimum atomic E-state index is -0.931. The molecule has 2 amide bonds. The molecule has 0 aromatic carbocycles. The molecule has 0 heterocycles. The highest BCUT2D eigenvalue weighted by Gasteiger charge is 2.03. The van der Waals surface area contributed by atoms with Crippen molar-refractivity contribution in [3.8, 4) is 0 Å². The summed E-state index contributed by atoms with van der Waals surface area (Å²) in [6.45, 7) is 0.486. The molecule has 0 aromatic rings. The molecule has 0 saturated heterocycles. The first-order valence-corrected chi connectivity index (χ1v) is 6.02. The molecular weight excluding hydrogens is 232 g/mol. The molecule has 0 aromatic heterocycles. The molecule has 4 N–H and O–H groups in total. The number of carbonyl (C=O) groups is 3. The monoisotopic (exact) mass is 248 g/mol. The number of nitrogens with one attached hydrogen (secondary N) is 1. The number of carbonyl (C=O) groups excluding carboxylic acids is 2. The van der Waals surface area contributed by atoms with Gasteiger partial charge in [0.15, 0.2) is 0 Å². The van der Waals surface area contributed by atoms with Crippen LogP contribution in [-0.4, -0.2) is 40.9 Å². The first kappa shape index (κ1) is 14.8. The Morgan fingerprint density at radius 3 is 2.44 bits per heavy atom. The number of rotatable bonds is 9. The third-order valence-corrected chi connectivity index (χ3v) is 2.55. The summed E-state index contributed by atoms with van der Waals surface area (Å²) in [6.07, 6.45) is 1.67. The number of nitrogens with two attached hydrogens (primary N) is 1. The molecule has 0 atom stereocenters. The summed E-state index contributed by atoms with van der Waals surface area (Å²) < 4.78 is 0. The van der Waals surface area contributed by atoms with Gasteiger partial charge in [0.25, 0.3) is 0 Å². The Bertz CT molecular complexity index is 258. The van der Waals surface area contributed by atoms with Crippen LogP contribution in [0, 0.1) is 0 Å². The zero-order valence-electron chi connectivity index (χ0n) is 8.90. The van der Waals surface area contributed by atoms with E-state index < -0.39 is 5.97 Å². The normalized spacial score (nSPS) is 9.75. The minimum absolute atomic E-state index is 0.0743. The number of carboxylic acids is 1. The maximum atomic E-state index is 11.1. The Kier molecular flexibility index (Phi) is 8.32. The van der Waals surface area contributed by atoms with Crippen molar-refractivity contribution >= 4 is 29.5 Å². The van der Waals surface area contributed by atoms with Crippen molar-refractivity contribution in [3.05, 3.63) is 0 Å². The number of unbranched alkanes of at least 4 members (excludes halogenated alkanes) is 1. The number of primary amides is 1. The molecule has 0 aliphatic carbocycles. The lowest BCUT2D eigenvalue weighted by molar-refractivity contribution is -0.133. The van der Waals surface area contributed by atoms with E-state index in [1.807, 2.05) is 0 Å². The van der Waals surface area contributed by atoms with Crippen molar-refractivity contribution in [2.45, 2.75) is 19.3 Å². The van der Waals surface area contributed by atoms with Gasteiger partial charge in [-0.2, -0.15) is 0 Å². The third kappa shape index (κ3) is 10.8. The lowest BCUT2D eigenvalue weighted by Gasteiger charge is -2.03. The highest BCUT2D eigenvalue weighted by atomic mass is 32.2. The van der Waals surface area contributed by atoms with Gasteiger partial charge in [0.1, 0.15) is 0 Å². The third-order valence-electron chi connectivity index (χ3n) is 1.63. The first-order chi connectivity index (χ1) is 7.52. The standard InChI is InChI=1S/C9H16N2O4S/c10-7(12)3-1-2-4-11-8(13)5-16-6-9(14)15/h1-6H2,(H2,10,12)(H,11,13)(H,14,15). The summed E-state index contributed by atoms with van der Waals surface area (Å²) in [5, 5.41) is 11.0. The van der Waals surface area contributed by atoms with Gasteiger partial charge in [-0.1, -0.05) is 0 Å². The summed E-state index contributed by atoms with van der Waals surface area (Å²) >= 11 is 1.05. The van der Waals surface area contributed by atoms with Crippen molar-refractivity contribution in [1.82, 2.24) is 5.32 Å². The van der Waals surface area contributed by atoms with Crippen LogP contribution < -0.4 is 11.1 Å². The van der Waals surface area contributed by atoms with Gasteiger partial charge in [-0.25, -0.2) is 0 Å². The van der Waals surface area contributed by atoms with Gasteiger partial charge in [-0.05, 0) is 12.8 Å². The van der Waals surface area contributed by atoms with Crippen LogP contribution in [0.3, 0.4) is 0 Å². The molecule has 16 heavy (non-hydrogen) atoms. The number of hydrogen-bond acceptors (Lipinski definition) is 4. The fourth-order valence-corrected chi connectivity index (χ4v) is 1.50. The second-order valence-corrected chi connectivity index (χ2v) is 4.15. The van der Waals surface area contributed by atoms with Crippen LogP contribution in [0.25, 0.3) is 0 Å². The van der Waals surface area contributed by atoms with Gasteiger partial charge < -0.3 is 16.2 Å². The fourth-order valence-electron chi connectivity index (χ4n) is 0.934. The van der Waals surface area contributed by atoms with Gasteiger partial charge >= 0.3 is 5.97 Å². The van der Waals surface area contributed by atoms with E-state index in [9.17, 15) is 14.4 Å². The van der Waals surface area contributed by atoms with Crippen LogP contribution in [0.15, 0.2) is 0 Å². The second-order valence-electron chi connectivity index (χ2n) is 3.16. The Labute approximate surface area is 98.0 Å². The number of carboxylic acid groups (broad SMARTS) is 1. The lowest BCUT2D eigenvalue weighted by Crippen LogP contribution is -2.26. The Morgan fingerprint density at radius 1 is 1.19 bits per heavy atom. The Morgan fingerprint density at radius 2 is 1.88 bits per heavy atom. The van der Waals surface area contributed by atoms with Crippen LogP contribution in [-0.2, 0) is 14.4 Å². The Balaban J connectivity index is 3.30. The molecule has 0 unspecified atom stereocenters. The smallest absolute Gasteiger partial charge is 0.313 e. The minimum Gasteiger partial charge on any atom is -0.481 e. The van der Waals surface area contributed by atoms with E-state index in [1.54, 1.807) is 0 Å². The molecule has 0 spiro atoms. The van der Waals surface area contributed by atoms with E-state index in [0.717, 1.165) is 11.8 Å². The number of hydrogen-bond donors (Lipinski definition) is 3. The van der Waals surface area contributed by atoms with Gasteiger partial charge in [-0.15, -0.1) is 11.8 Å². The predicted octanol–water partition coefficient (Wildman–Crippen LogP) is -0.424. The molecule has 0 radical (unpaired) electrons. The molecule has 0 saturated carbocycles. The quantitative estimate of drug-likeness (QED) is 0.480. The lowest BCUT2D eigenvalue weighted by atomic mass is 10.2. The topological polar surface area (TPSA) is 109 Å². The zero-order valence-corrected chi connectivity index (χ0v) is 9.72. The fraction of sp³-hybridized carbons (Fsp3) is 0.667. The molecular formula is C9H16N2O4S.